The summed E-state index contributed by atoms with van der Waals surface area (Å²) in [7, 11) is -21.3. The third kappa shape index (κ3) is 9.73. The molecular formula is C38H23N9O16S4-4. The van der Waals surface area contributed by atoms with E-state index >= 15 is 0 Å². The smallest absolute Gasteiger partial charge is 0.270 e. The molecule has 0 fully saturated rings. The number of hydrogen-bond donors (Lipinski definition) is 4. The Balaban J connectivity index is 1.11. The van der Waals surface area contributed by atoms with Crippen molar-refractivity contribution in [2.75, 3.05) is 22.3 Å². The van der Waals surface area contributed by atoms with E-state index in [1.165, 1.54) is 24.3 Å². The van der Waals surface area contributed by atoms with E-state index in [9.17, 15) is 71.6 Å². The van der Waals surface area contributed by atoms with Gasteiger partial charge >= 0.3 is 0 Å². The van der Waals surface area contributed by atoms with E-state index in [2.05, 4.69) is 31.3 Å². The summed E-state index contributed by atoms with van der Waals surface area (Å²) in [5.74, 6) is -2.25. The van der Waals surface area contributed by atoms with Crippen LogP contribution in [0.2, 0.25) is 0 Å². The number of benzene rings is 5. The number of nitrogen functional groups attached to an aromatic ring is 2. The molecule has 0 saturated carbocycles. The fourth-order valence-electron chi connectivity index (χ4n) is 6.45. The quantitative estimate of drug-likeness (QED) is 0.0454. The number of fused-ring (bicyclic) bond motifs is 2. The highest BCUT2D eigenvalue weighted by molar-refractivity contribution is 7.91. The number of nitrogens with one attached hydrogen (secondary N) is 2. The Morgan fingerprint density at radius 1 is 0.567 bits per heavy atom. The maximum Gasteiger partial charge on any atom is 0.270 e. The van der Waals surface area contributed by atoms with Crippen molar-refractivity contribution in [2.45, 2.75) is 9.79 Å². The van der Waals surface area contributed by atoms with Crippen molar-refractivity contribution in [2.24, 2.45) is 20.4 Å². The van der Waals surface area contributed by atoms with E-state index in [1.54, 1.807) is 24.3 Å². The van der Waals surface area contributed by atoms with Crippen molar-refractivity contribution < 1.29 is 66.4 Å². The van der Waals surface area contributed by atoms with Crippen molar-refractivity contribution in [1.29, 1.82) is 0 Å². The minimum atomic E-state index is -5.46. The first-order valence-electron chi connectivity index (χ1n) is 18.0. The molecule has 0 aromatic heterocycles. The predicted octanol–water partition coefficient (Wildman–Crippen LogP) is 3.75. The molecule has 25 nitrogen and oxygen atoms in total. The number of nitro benzene ring substituents is 1. The average molecular weight is 990 g/mol. The molecule has 5 aromatic rings. The second kappa shape index (κ2) is 17.1. The summed E-state index contributed by atoms with van der Waals surface area (Å²) < 4.78 is 144. The number of nitrogens with zero attached hydrogens (tertiary/aromatic N) is 5. The predicted molar refractivity (Wildman–Crippen MR) is 233 cm³/mol. The van der Waals surface area contributed by atoms with Gasteiger partial charge in [-0.05, 0) is 83.4 Å². The first-order valence-corrected chi connectivity index (χ1v) is 23.7. The number of non-ortho nitro benzene ring substituents is 1. The number of Topliss-reactive ketones (excluding diaryl/α,β-unsaturated/α-hetero) is 2. The number of azo groups is 1. The van der Waals surface area contributed by atoms with Gasteiger partial charge in [-0.3, -0.25) is 30.6 Å². The van der Waals surface area contributed by atoms with Crippen LogP contribution < -0.4 is 22.3 Å². The molecule has 5 aromatic carbocycles. The van der Waals surface area contributed by atoms with Gasteiger partial charge in [-0.1, -0.05) is 24.3 Å². The van der Waals surface area contributed by atoms with Crippen molar-refractivity contribution in [3.8, 4) is 11.1 Å². The van der Waals surface area contributed by atoms with Crippen molar-refractivity contribution >= 4 is 115 Å². The maximum absolute atomic E-state index is 13.7. The van der Waals surface area contributed by atoms with E-state index in [1.807, 2.05) is 0 Å². The van der Waals surface area contributed by atoms with Crippen LogP contribution >= 0.6 is 0 Å². The Hall–Kier alpha value is -7.90. The van der Waals surface area contributed by atoms with Crippen molar-refractivity contribution in [3.63, 3.8) is 0 Å². The molecule has 0 unspecified atom stereocenters. The standard InChI is InChI=1S/C38H27N9O16S4/c39-27-11-10-25-26(34(27)44-43-29-12-9-23(47(50)51)15-30(29)65(55,56)57)17-32(67(61,62)63)35(37(25)48)45-41-21-5-1-18(2-6-21)19-3-7-22(8-4-19)42-46-36-31(66(58,59)60)14-20-13-24(64(52,53)54)16-28(40)33(20)38(36)49/h1-17,41-42H,39-40H2,(H,52,53,54)(H,55,56,57)(H,58,59,60)(H,61,62,63)/p-4. The Morgan fingerprint density at radius 2 is 1.10 bits per heavy atom. The van der Waals surface area contributed by atoms with Crippen molar-refractivity contribution in [1.82, 2.24) is 0 Å². The number of hydrogen-bond acceptors (Lipinski definition) is 24. The van der Waals surface area contributed by atoms with E-state index in [4.69, 9.17) is 11.5 Å². The molecule has 0 radical (unpaired) electrons. The van der Waals surface area contributed by atoms with Gasteiger partial charge in [-0.15, -0.1) is 10.2 Å². The fourth-order valence-corrected chi connectivity index (χ4v) is 8.91. The van der Waals surface area contributed by atoms with Gasteiger partial charge in [0.15, 0.2) is 0 Å². The second-order valence-electron chi connectivity index (χ2n) is 13.8. The summed E-state index contributed by atoms with van der Waals surface area (Å²) in [4.78, 5) is 33.0. The van der Waals surface area contributed by atoms with Gasteiger partial charge in [0, 0.05) is 28.9 Å². The van der Waals surface area contributed by atoms with Gasteiger partial charge < -0.3 is 29.7 Å². The number of carbonyl (C=O) groups excluding carboxylic acids is 2. The van der Waals surface area contributed by atoms with E-state index in [0.29, 0.717) is 35.4 Å². The molecule has 0 saturated heterocycles. The largest absolute Gasteiger partial charge is 0.744 e. The Morgan fingerprint density at radius 3 is 1.61 bits per heavy atom. The number of nitro groups is 1. The van der Waals surface area contributed by atoms with Crippen LogP contribution in [0, 0.1) is 10.1 Å². The van der Waals surface area contributed by atoms with E-state index in [-0.39, 0.29) is 28.2 Å². The molecule has 0 heterocycles. The zero-order valence-corrected chi connectivity index (χ0v) is 36.1. The maximum atomic E-state index is 13.7. The van der Waals surface area contributed by atoms with Gasteiger partial charge in [0.2, 0.25) is 11.6 Å². The summed E-state index contributed by atoms with van der Waals surface area (Å²) in [6.45, 7) is 0. The summed E-state index contributed by atoms with van der Waals surface area (Å²) in [5.41, 5.74) is 12.6. The van der Waals surface area contributed by atoms with Crippen LogP contribution in [-0.2, 0) is 40.5 Å². The Labute approximate surface area is 377 Å². The van der Waals surface area contributed by atoms with Gasteiger partial charge in [-0.25, -0.2) is 33.7 Å². The minimum Gasteiger partial charge on any atom is -0.744 e. The monoisotopic (exact) mass is 989 g/mol. The molecule has 29 heteroatoms. The molecule has 67 heavy (non-hydrogen) atoms. The Bertz CT molecular complexity index is 3650. The third-order valence-corrected chi connectivity index (χ3v) is 12.9. The molecule has 6 N–H and O–H groups in total. The zero-order chi connectivity index (χ0) is 49.0. The number of anilines is 4. The second-order valence-corrected chi connectivity index (χ2v) is 19.3. The molecule has 7 rings (SSSR count). The first-order chi connectivity index (χ1) is 31.2. The lowest BCUT2D eigenvalue weighted by atomic mass is 9.92. The van der Waals surface area contributed by atoms with Gasteiger partial charge in [0.05, 0.1) is 47.2 Å². The molecule has 0 bridgehead atoms. The van der Waals surface area contributed by atoms with Gasteiger partial charge in [0.25, 0.3) is 5.69 Å². The summed E-state index contributed by atoms with van der Waals surface area (Å²) in [5, 5.41) is 26.3. The van der Waals surface area contributed by atoms with Crippen LogP contribution in [0.15, 0.2) is 131 Å². The van der Waals surface area contributed by atoms with Gasteiger partial charge in [0.1, 0.15) is 63.3 Å². The Kier molecular flexibility index (Phi) is 12.0. The highest BCUT2D eigenvalue weighted by atomic mass is 32.2. The average Bonchev–Trinajstić information content (AvgIpc) is 3.24. The number of hydrazone groups is 2. The van der Waals surface area contributed by atoms with Gasteiger partial charge in [-0.2, -0.15) is 10.2 Å². The summed E-state index contributed by atoms with van der Waals surface area (Å²) in [6, 6.07) is 18.0. The first kappa shape index (κ1) is 47.1. The lowest BCUT2D eigenvalue weighted by molar-refractivity contribution is -0.385. The highest BCUT2D eigenvalue weighted by Gasteiger charge is 2.33. The molecule has 344 valence electrons. The van der Waals surface area contributed by atoms with E-state index in [0.717, 1.165) is 30.3 Å². The minimum absolute atomic E-state index is 0.188. The number of nitrogens with two attached hydrogens (primary N) is 2. The lowest BCUT2D eigenvalue weighted by Gasteiger charge is -2.22. The molecule has 0 amide bonds. The number of allylic oxidation sites excluding steroid dienone is 2. The lowest BCUT2D eigenvalue weighted by Crippen LogP contribution is -2.28. The van der Waals surface area contributed by atoms with Crippen LogP contribution in [0.25, 0.3) is 23.3 Å². The highest BCUT2D eigenvalue weighted by Crippen LogP contribution is 2.39. The van der Waals surface area contributed by atoms with E-state index < -0.39 is 122 Å². The molecule has 0 aliphatic heterocycles. The number of carbonyl (C=O) groups is 2. The van der Waals surface area contributed by atoms with Crippen LogP contribution in [0.1, 0.15) is 31.8 Å². The molecule has 2 aliphatic rings. The summed E-state index contributed by atoms with van der Waals surface area (Å²) in [6.07, 6.45) is 1.42. The zero-order valence-electron chi connectivity index (χ0n) is 32.9. The normalized spacial score (nSPS) is 15.5. The van der Waals surface area contributed by atoms with Crippen LogP contribution in [0.3, 0.4) is 0 Å². The topological polar surface area (TPSA) is 432 Å². The number of ketones is 2. The number of rotatable bonds is 12. The fraction of sp³-hybridized carbons (Fsp3) is 0. The molecule has 0 atom stereocenters. The SMILES string of the molecule is Nc1ccc2c(c1N=Nc1ccc([N+](=O)[O-])cc1S(=O)(=O)[O-])C=C(S(=O)(=O)[O-])C(=NNc1ccc(-c3ccc(NN=C4C(=O)c5c(N)cc(S(=O)(=O)[O-])cc5C=C4S(=O)(=O)[O-])cc3)cc1)C2=O. The molecular weight excluding hydrogens is 967 g/mol. The van der Waals surface area contributed by atoms with Crippen LogP contribution in [0.4, 0.5) is 39.8 Å². The molecule has 0 spiro atoms. The van der Waals surface area contributed by atoms with Crippen LogP contribution in [0.5, 0.6) is 0 Å². The molecule has 2 aliphatic carbocycles. The van der Waals surface area contributed by atoms with Crippen LogP contribution in [-0.4, -0.2) is 79.8 Å². The summed E-state index contributed by atoms with van der Waals surface area (Å²) >= 11 is 0. The van der Waals surface area contributed by atoms with Crippen molar-refractivity contribution in [3.05, 3.63) is 133 Å². The third-order valence-electron chi connectivity index (χ3n) is 9.56.